The SMILES string of the molecule is CCn1cc(-c2ccc(F)c(CNC)c2)cn1. The minimum Gasteiger partial charge on any atom is -0.316 e. The molecule has 0 aliphatic heterocycles. The summed E-state index contributed by atoms with van der Waals surface area (Å²) in [6, 6.07) is 5.15. The number of aryl methyl sites for hydroxylation is 1. The minimum atomic E-state index is -0.175. The lowest BCUT2D eigenvalue weighted by molar-refractivity contribution is 0.601. The molecule has 0 aliphatic rings. The van der Waals surface area contributed by atoms with Crippen molar-refractivity contribution < 1.29 is 4.39 Å². The van der Waals surface area contributed by atoms with Crippen molar-refractivity contribution in [3.8, 4) is 11.1 Å². The number of hydrogen-bond donors (Lipinski definition) is 1. The predicted molar refractivity (Wildman–Crippen MR) is 66.1 cm³/mol. The second kappa shape index (κ2) is 5.10. The molecule has 0 atom stereocenters. The van der Waals surface area contributed by atoms with Crippen LogP contribution >= 0.6 is 0 Å². The zero-order chi connectivity index (χ0) is 12.3. The zero-order valence-corrected chi connectivity index (χ0v) is 10.1. The van der Waals surface area contributed by atoms with Crippen molar-refractivity contribution in [3.05, 3.63) is 42.0 Å². The van der Waals surface area contributed by atoms with Gasteiger partial charge in [0.1, 0.15) is 5.82 Å². The van der Waals surface area contributed by atoms with Crippen molar-refractivity contribution in [2.75, 3.05) is 7.05 Å². The average molecular weight is 233 g/mol. The van der Waals surface area contributed by atoms with E-state index < -0.39 is 0 Å². The van der Waals surface area contributed by atoms with Crippen LogP contribution in [0.15, 0.2) is 30.6 Å². The van der Waals surface area contributed by atoms with Crippen LogP contribution in [0.25, 0.3) is 11.1 Å². The van der Waals surface area contributed by atoms with E-state index in [1.54, 1.807) is 19.3 Å². The van der Waals surface area contributed by atoms with E-state index in [0.717, 1.165) is 17.7 Å². The lowest BCUT2D eigenvalue weighted by Gasteiger charge is -2.04. The summed E-state index contributed by atoms with van der Waals surface area (Å²) in [5.41, 5.74) is 2.69. The normalized spacial score (nSPS) is 10.8. The van der Waals surface area contributed by atoms with Gasteiger partial charge in [0.2, 0.25) is 0 Å². The molecule has 0 saturated heterocycles. The molecule has 0 fully saturated rings. The Labute approximate surface area is 100 Å². The van der Waals surface area contributed by atoms with Crippen molar-refractivity contribution in [3.63, 3.8) is 0 Å². The molecule has 2 rings (SSSR count). The Hall–Kier alpha value is -1.68. The first kappa shape index (κ1) is 11.8. The van der Waals surface area contributed by atoms with Crippen LogP contribution in [0.3, 0.4) is 0 Å². The molecule has 90 valence electrons. The van der Waals surface area contributed by atoms with E-state index in [0.29, 0.717) is 12.1 Å². The molecule has 0 unspecified atom stereocenters. The summed E-state index contributed by atoms with van der Waals surface area (Å²) in [6.07, 6.45) is 3.77. The van der Waals surface area contributed by atoms with Crippen LogP contribution in [0.1, 0.15) is 12.5 Å². The van der Waals surface area contributed by atoms with E-state index >= 15 is 0 Å². The number of aromatic nitrogens is 2. The molecule has 0 amide bonds. The highest BCUT2D eigenvalue weighted by Crippen LogP contribution is 2.21. The highest BCUT2D eigenvalue weighted by molar-refractivity contribution is 5.62. The van der Waals surface area contributed by atoms with E-state index in [4.69, 9.17) is 0 Å². The molecule has 0 bridgehead atoms. The maximum Gasteiger partial charge on any atom is 0.127 e. The number of benzene rings is 1. The molecular formula is C13H16FN3. The number of nitrogens with one attached hydrogen (secondary N) is 1. The minimum absolute atomic E-state index is 0.175. The van der Waals surface area contributed by atoms with Gasteiger partial charge in [-0.15, -0.1) is 0 Å². The molecule has 1 N–H and O–H groups in total. The summed E-state index contributed by atoms with van der Waals surface area (Å²) < 4.78 is 15.3. The van der Waals surface area contributed by atoms with Gasteiger partial charge < -0.3 is 5.32 Å². The second-order valence-corrected chi connectivity index (χ2v) is 3.92. The maximum absolute atomic E-state index is 13.5. The van der Waals surface area contributed by atoms with Crippen molar-refractivity contribution >= 4 is 0 Å². The van der Waals surface area contributed by atoms with Gasteiger partial charge in [0, 0.05) is 30.4 Å². The molecule has 1 heterocycles. The Morgan fingerprint density at radius 1 is 1.35 bits per heavy atom. The summed E-state index contributed by atoms with van der Waals surface area (Å²) in [5, 5.41) is 7.18. The monoisotopic (exact) mass is 233 g/mol. The lowest BCUT2D eigenvalue weighted by Crippen LogP contribution is -2.06. The topological polar surface area (TPSA) is 29.9 Å². The maximum atomic E-state index is 13.5. The Balaban J connectivity index is 2.35. The summed E-state index contributed by atoms with van der Waals surface area (Å²) in [7, 11) is 1.81. The quantitative estimate of drug-likeness (QED) is 0.879. The number of hydrogen-bond acceptors (Lipinski definition) is 2. The van der Waals surface area contributed by atoms with Crippen LogP contribution in [0.5, 0.6) is 0 Å². The smallest absolute Gasteiger partial charge is 0.127 e. The third-order valence-electron chi connectivity index (χ3n) is 2.70. The van der Waals surface area contributed by atoms with Gasteiger partial charge in [-0.2, -0.15) is 5.10 Å². The van der Waals surface area contributed by atoms with E-state index in [-0.39, 0.29) is 5.82 Å². The first-order valence-corrected chi connectivity index (χ1v) is 5.70. The van der Waals surface area contributed by atoms with Crippen LogP contribution in [0.4, 0.5) is 4.39 Å². The van der Waals surface area contributed by atoms with Gasteiger partial charge in [-0.05, 0) is 31.7 Å². The van der Waals surface area contributed by atoms with Crippen LogP contribution in [0, 0.1) is 5.82 Å². The highest BCUT2D eigenvalue weighted by Gasteiger charge is 2.06. The first-order valence-electron chi connectivity index (χ1n) is 5.70. The average Bonchev–Trinajstić information content (AvgIpc) is 2.81. The fourth-order valence-corrected chi connectivity index (χ4v) is 1.77. The van der Waals surface area contributed by atoms with Gasteiger partial charge in [0.15, 0.2) is 0 Å². The molecule has 0 aliphatic carbocycles. The van der Waals surface area contributed by atoms with E-state index in [1.807, 2.05) is 23.9 Å². The molecule has 17 heavy (non-hydrogen) atoms. The number of nitrogens with zero attached hydrogens (tertiary/aromatic N) is 2. The Morgan fingerprint density at radius 2 is 2.18 bits per heavy atom. The van der Waals surface area contributed by atoms with Crippen molar-refractivity contribution in [2.45, 2.75) is 20.0 Å². The van der Waals surface area contributed by atoms with Gasteiger partial charge in [-0.25, -0.2) is 4.39 Å². The van der Waals surface area contributed by atoms with Gasteiger partial charge in [-0.1, -0.05) is 6.07 Å². The fourth-order valence-electron chi connectivity index (χ4n) is 1.77. The molecule has 0 spiro atoms. The Bertz CT molecular complexity index is 505. The summed E-state index contributed by atoms with van der Waals surface area (Å²) in [5.74, 6) is -0.175. The first-order chi connectivity index (χ1) is 8.24. The molecule has 1 aromatic heterocycles. The van der Waals surface area contributed by atoms with E-state index in [9.17, 15) is 4.39 Å². The summed E-state index contributed by atoms with van der Waals surface area (Å²) in [4.78, 5) is 0. The molecule has 4 heteroatoms. The Kier molecular flexibility index (Phi) is 3.54. The van der Waals surface area contributed by atoms with Gasteiger partial charge in [-0.3, -0.25) is 4.68 Å². The largest absolute Gasteiger partial charge is 0.316 e. The van der Waals surface area contributed by atoms with Gasteiger partial charge in [0.25, 0.3) is 0 Å². The molecule has 2 aromatic rings. The number of rotatable bonds is 4. The fraction of sp³-hybridized carbons (Fsp3) is 0.308. The van der Waals surface area contributed by atoms with Crippen LogP contribution in [-0.4, -0.2) is 16.8 Å². The van der Waals surface area contributed by atoms with Crippen LogP contribution in [-0.2, 0) is 13.1 Å². The van der Waals surface area contributed by atoms with Gasteiger partial charge >= 0.3 is 0 Å². The van der Waals surface area contributed by atoms with E-state index in [1.165, 1.54) is 6.07 Å². The van der Waals surface area contributed by atoms with Crippen molar-refractivity contribution in [1.82, 2.24) is 15.1 Å². The van der Waals surface area contributed by atoms with Crippen molar-refractivity contribution in [1.29, 1.82) is 0 Å². The Morgan fingerprint density at radius 3 is 2.82 bits per heavy atom. The van der Waals surface area contributed by atoms with Gasteiger partial charge in [0.05, 0.1) is 6.20 Å². The number of halogens is 1. The van der Waals surface area contributed by atoms with Crippen molar-refractivity contribution in [2.24, 2.45) is 0 Å². The molecule has 0 saturated carbocycles. The molecule has 0 radical (unpaired) electrons. The standard InChI is InChI=1S/C13H16FN3/c1-3-17-9-12(8-16-17)10-4-5-13(14)11(6-10)7-15-2/h4-6,8-9,15H,3,7H2,1-2H3. The second-order valence-electron chi connectivity index (χ2n) is 3.92. The van der Waals surface area contributed by atoms with Crippen LogP contribution < -0.4 is 5.32 Å². The highest BCUT2D eigenvalue weighted by atomic mass is 19.1. The predicted octanol–water partition coefficient (Wildman–Crippen LogP) is 2.43. The third kappa shape index (κ3) is 2.53. The summed E-state index contributed by atoms with van der Waals surface area (Å²) in [6.45, 7) is 3.40. The summed E-state index contributed by atoms with van der Waals surface area (Å²) >= 11 is 0. The lowest BCUT2D eigenvalue weighted by atomic mass is 10.1. The molecule has 3 nitrogen and oxygen atoms in total. The zero-order valence-electron chi connectivity index (χ0n) is 10.1. The molecular weight excluding hydrogens is 217 g/mol. The third-order valence-corrected chi connectivity index (χ3v) is 2.70. The van der Waals surface area contributed by atoms with E-state index in [2.05, 4.69) is 10.4 Å². The van der Waals surface area contributed by atoms with Crippen LogP contribution in [0.2, 0.25) is 0 Å². The molecule has 1 aromatic carbocycles.